The van der Waals surface area contributed by atoms with Crippen molar-refractivity contribution in [3.8, 4) is 0 Å². The van der Waals surface area contributed by atoms with Crippen LogP contribution in [0.1, 0.15) is 329 Å². The number of carbonyl (C=O) groups is 3. The van der Waals surface area contributed by atoms with E-state index in [4.69, 9.17) is 32.3 Å². The predicted octanol–water partition coefficient (Wildman–Crippen LogP) is 25.5. The lowest BCUT2D eigenvalue weighted by Crippen LogP contribution is -2.30. The Morgan fingerprint density at radius 3 is 0.780 bits per heavy atom. The van der Waals surface area contributed by atoms with E-state index in [0.29, 0.717) is 19.3 Å². The van der Waals surface area contributed by atoms with Crippen LogP contribution in [0.5, 0.6) is 0 Å². The van der Waals surface area contributed by atoms with Crippen molar-refractivity contribution in [3.63, 3.8) is 0 Å². The topological polar surface area (TPSA) is 231 Å². The number of aliphatic hydroxyl groups is 2. The first-order chi connectivity index (χ1) is 53.2. The number of carbonyl (C=O) groups excluding carboxylic acids is 3. The van der Waals surface area contributed by atoms with E-state index >= 15 is 0 Å². The van der Waals surface area contributed by atoms with Crippen LogP contribution in [0, 0.1) is 0 Å². The lowest BCUT2D eigenvalue weighted by atomic mass is 10.0. The quantitative estimate of drug-likeness (QED) is 0.0146. The molecule has 0 aromatic rings. The molecule has 0 aromatic heterocycles. The van der Waals surface area contributed by atoms with Crippen LogP contribution in [0.2, 0.25) is 0 Å². The molecule has 109 heavy (non-hydrogen) atoms. The Balaban J connectivity index is 4.51. The molecule has 18 heteroatoms. The van der Waals surface area contributed by atoms with Gasteiger partial charge in [-0.25, -0.2) is 9.13 Å². The highest BCUT2D eigenvalue weighted by Crippen LogP contribution is 2.45. The lowest BCUT2D eigenvalue weighted by Gasteiger charge is -2.21. The summed E-state index contributed by atoms with van der Waals surface area (Å²) in [5.41, 5.74) is 0. The maximum atomic E-state index is 13.0. The van der Waals surface area contributed by atoms with Gasteiger partial charge in [0.25, 0.3) is 0 Å². The highest BCUT2D eigenvalue weighted by atomic mass is 31.2. The number of unbranched alkanes of at least 4 members (excludes halogenated alkanes) is 28. The molecule has 0 rings (SSSR count). The second kappa shape index (κ2) is 82.4. The van der Waals surface area contributed by atoms with Gasteiger partial charge < -0.3 is 34.2 Å². The standard InChI is InChI=1S/C91H152O16P2/c1-4-7-10-13-16-19-22-25-28-31-34-35-36-37-38-39-40-41-42-43-44-45-46-47-48-49-52-54-56-59-62-65-68-71-74-77-89(94)101-80-86(92)81-103-108(97,98)104-82-87(93)83-105-109(99,100)106-85-88(107-91(96)79-76-73-70-67-64-61-58-55-51-33-30-27-24-21-18-15-12-9-6-3)84-102-90(95)78-75-72-69-66-63-60-57-53-50-32-29-26-23-20-17-14-11-8-5-2/h8-9,11-12,16-21,25-30,34-35,37-38,50-51,53,55,60-61,63-64,86-88,92-93H,4-7,10,13-15,22-24,31-33,36,39-49,52,54,56-59,62,65-85H2,1-3H3,(H,97,98)(H,99,100)/b11-8-,12-9-,19-16-,20-17-,21-18-,28-25-,29-26-,30-27-,35-34-,38-37-,53-50-,55-51-,63-60-,64-61-. The molecule has 0 aromatic carbocycles. The molecule has 0 bridgehead atoms. The Labute approximate surface area is 662 Å². The maximum Gasteiger partial charge on any atom is 0.472 e. The van der Waals surface area contributed by atoms with Crippen LogP contribution in [0.3, 0.4) is 0 Å². The number of phosphoric acid groups is 2. The first kappa shape index (κ1) is 104. The Hall–Kier alpha value is -5.09. The summed E-state index contributed by atoms with van der Waals surface area (Å²) in [7, 11) is -9.83. The minimum Gasteiger partial charge on any atom is -0.463 e. The predicted molar refractivity (Wildman–Crippen MR) is 454 cm³/mol. The van der Waals surface area contributed by atoms with Gasteiger partial charge in [-0.15, -0.1) is 0 Å². The Bertz CT molecular complexity index is 2660. The van der Waals surface area contributed by atoms with Crippen molar-refractivity contribution in [3.05, 3.63) is 170 Å². The number of ether oxygens (including phenoxy) is 3. The average Bonchev–Trinajstić information content (AvgIpc) is 0.903. The van der Waals surface area contributed by atoms with Crippen LogP contribution in [0.4, 0.5) is 0 Å². The third kappa shape index (κ3) is 83.7. The van der Waals surface area contributed by atoms with Gasteiger partial charge in [0, 0.05) is 19.3 Å². The van der Waals surface area contributed by atoms with Crippen molar-refractivity contribution in [2.75, 3.05) is 39.6 Å². The number of hydrogen-bond acceptors (Lipinski definition) is 14. The minimum atomic E-state index is -4.96. The molecule has 622 valence electrons. The molecule has 5 atom stereocenters. The lowest BCUT2D eigenvalue weighted by molar-refractivity contribution is -0.161. The zero-order valence-corrected chi connectivity index (χ0v) is 70.0. The summed E-state index contributed by atoms with van der Waals surface area (Å²) in [6.45, 7) is 2.35. The molecule has 0 radical (unpaired) electrons. The maximum absolute atomic E-state index is 13.0. The van der Waals surface area contributed by atoms with Crippen LogP contribution in [-0.4, -0.2) is 95.9 Å². The van der Waals surface area contributed by atoms with Crippen molar-refractivity contribution in [1.82, 2.24) is 0 Å². The summed E-state index contributed by atoms with van der Waals surface area (Å²) < 4.78 is 61.2. The molecule has 0 fully saturated rings. The van der Waals surface area contributed by atoms with Gasteiger partial charge in [0.05, 0.1) is 26.4 Å². The Morgan fingerprint density at radius 1 is 0.266 bits per heavy atom. The smallest absolute Gasteiger partial charge is 0.463 e. The molecule has 16 nitrogen and oxygen atoms in total. The molecular formula is C91H152O16P2. The number of phosphoric ester groups is 2. The molecule has 0 spiro atoms. The second-order valence-electron chi connectivity index (χ2n) is 27.9. The second-order valence-corrected chi connectivity index (χ2v) is 30.8. The van der Waals surface area contributed by atoms with E-state index in [1.807, 2.05) is 0 Å². The third-order valence-electron chi connectivity index (χ3n) is 17.4. The highest BCUT2D eigenvalue weighted by molar-refractivity contribution is 7.47. The fourth-order valence-electron chi connectivity index (χ4n) is 11.0. The normalized spacial score (nSPS) is 14.7. The first-order valence-electron chi connectivity index (χ1n) is 42.4. The zero-order valence-electron chi connectivity index (χ0n) is 68.2. The fourth-order valence-corrected chi connectivity index (χ4v) is 12.6. The van der Waals surface area contributed by atoms with Gasteiger partial charge >= 0.3 is 33.6 Å². The summed E-state index contributed by atoms with van der Waals surface area (Å²) in [4.78, 5) is 58.7. The molecule has 0 saturated carbocycles. The van der Waals surface area contributed by atoms with E-state index in [0.717, 1.165) is 141 Å². The summed E-state index contributed by atoms with van der Waals surface area (Å²) >= 11 is 0. The van der Waals surface area contributed by atoms with Crippen LogP contribution in [0.25, 0.3) is 0 Å². The largest absolute Gasteiger partial charge is 0.472 e. The Morgan fingerprint density at radius 2 is 0.486 bits per heavy atom. The molecular weight excluding hydrogens is 1410 g/mol. The van der Waals surface area contributed by atoms with Crippen molar-refractivity contribution < 1.29 is 75.8 Å². The molecule has 0 heterocycles. The SMILES string of the molecule is CC/C=C\C/C=C\C/C=C\C/C=C\C/C=C\CCCCCC(=O)OCC(COP(=O)(O)OCC(O)COP(=O)(O)OCC(O)COC(=O)CCCCCCCCCCCCCCCCCCCCC/C=C\C/C=C\C/C=C\C/C=C\CCCCC)OC(=O)CCCCC/C=C\C/C=C\C/C=C\C/C=C\C/C=C\CC. The van der Waals surface area contributed by atoms with Gasteiger partial charge in [0.15, 0.2) is 6.10 Å². The van der Waals surface area contributed by atoms with E-state index in [2.05, 4.69) is 191 Å². The fraction of sp³-hybridized carbons (Fsp3) is 0.659. The third-order valence-corrected chi connectivity index (χ3v) is 19.3. The van der Waals surface area contributed by atoms with Crippen LogP contribution < -0.4 is 0 Å². The minimum absolute atomic E-state index is 0.0518. The summed E-state index contributed by atoms with van der Waals surface area (Å²) in [5.74, 6) is -1.65. The molecule has 0 aliphatic carbocycles. The van der Waals surface area contributed by atoms with Crippen molar-refractivity contribution >= 4 is 33.6 Å². The van der Waals surface area contributed by atoms with Crippen molar-refractivity contribution in [2.45, 2.75) is 347 Å². The molecule has 0 aliphatic heterocycles. The van der Waals surface area contributed by atoms with E-state index in [1.165, 1.54) is 128 Å². The van der Waals surface area contributed by atoms with Crippen LogP contribution in [0.15, 0.2) is 170 Å². The number of rotatable bonds is 79. The number of esters is 3. The molecule has 4 N–H and O–H groups in total. The number of aliphatic hydroxyl groups excluding tert-OH is 2. The van der Waals surface area contributed by atoms with Crippen molar-refractivity contribution in [2.24, 2.45) is 0 Å². The molecule has 0 aliphatic rings. The van der Waals surface area contributed by atoms with Gasteiger partial charge in [-0.3, -0.25) is 32.5 Å². The molecule has 0 amide bonds. The molecule has 5 unspecified atom stereocenters. The molecule has 0 saturated heterocycles. The average molecular weight is 1560 g/mol. The van der Waals surface area contributed by atoms with Gasteiger partial charge in [0.2, 0.25) is 0 Å². The van der Waals surface area contributed by atoms with Gasteiger partial charge in [-0.2, -0.15) is 0 Å². The van der Waals surface area contributed by atoms with Crippen LogP contribution in [-0.2, 0) is 55.8 Å². The Kier molecular flexibility index (Phi) is 78.5. The summed E-state index contributed by atoms with van der Waals surface area (Å²) in [5, 5.41) is 20.7. The van der Waals surface area contributed by atoms with Crippen LogP contribution >= 0.6 is 15.6 Å². The summed E-state index contributed by atoms with van der Waals surface area (Å²) in [6.07, 6.45) is 106. The van der Waals surface area contributed by atoms with Gasteiger partial charge in [-0.1, -0.05) is 326 Å². The van der Waals surface area contributed by atoms with Crippen molar-refractivity contribution in [1.29, 1.82) is 0 Å². The zero-order chi connectivity index (χ0) is 79.4. The first-order valence-corrected chi connectivity index (χ1v) is 45.4. The number of allylic oxidation sites excluding steroid dienone is 28. The van der Waals surface area contributed by atoms with Gasteiger partial charge in [-0.05, 0) is 154 Å². The summed E-state index contributed by atoms with van der Waals surface area (Å²) in [6, 6.07) is 0. The van der Waals surface area contributed by atoms with E-state index in [-0.39, 0.29) is 19.3 Å². The van der Waals surface area contributed by atoms with Gasteiger partial charge in [0.1, 0.15) is 25.4 Å². The van der Waals surface area contributed by atoms with E-state index in [9.17, 15) is 43.5 Å². The highest BCUT2D eigenvalue weighted by Gasteiger charge is 2.29. The van der Waals surface area contributed by atoms with E-state index < -0.39 is 91.5 Å². The van der Waals surface area contributed by atoms with E-state index in [1.54, 1.807) is 0 Å². The number of hydrogen-bond donors (Lipinski definition) is 4. The monoisotopic (exact) mass is 1560 g/mol.